The van der Waals surface area contributed by atoms with E-state index < -0.39 is 0 Å². The SMILES string of the molecule is CCC1CCCN1C(=O)Cc1ccccc1C. The molecule has 1 aromatic carbocycles. The minimum atomic E-state index is 0.295. The maximum absolute atomic E-state index is 12.3. The van der Waals surface area contributed by atoms with Crippen molar-refractivity contribution in [3.63, 3.8) is 0 Å². The molecule has 1 aliphatic rings. The molecule has 1 aliphatic heterocycles. The Hall–Kier alpha value is -1.31. The number of hydrogen-bond donors (Lipinski definition) is 0. The van der Waals surface area contributed by atoms with E-state index >= 15 is 0 Å². The first kappa shape index (κ1) is 12.2. The molecule has 0 N–H and O–H groups in total. The molecule has 0 spiro atoms. The minimum absolute atomic E-state index is 0.295. The number of hydrogen-bond acceptors (Lipinski definition) is 1. The van der Waals surface area contributed by atoms with Crippen molar-refractivity contribution in [1.82, 2.24) is 4.90 Å². The zero-order valence-electron chi connectivity index (χ0n) is 10.8. The number of carbonyl (C=O) groups excluding carboxylic acids is 1. The van der Waals surface area contributed by atoms with Crippen LogP contribution in [0, 0.1) is 6.92 Å². The number of benzene rings is 1. The molecular weight excluding hydrogens is 210 g/mol. The molecule has 2 heteroatoms. The molecule has 1 unspecified atom stereocenters. The number of aryl methyl sites for hydroxylation is 1. The summed E-state index contributed by atoms with van der Waals surface area (Å²) in [5.41, 5.74) is 2.38. The van der Waals surface area contributed by atoms with Gasteiger partial charge >= 0.3 is 0 Å². The molecule has 1 aromatic rings. The third kappa shape index (κ3) is 2.68. The monoisotopic (exact) mass is 231 g/mol. The van der Waals surface area contributed by atoms with Gasteiger partial charge < -0.3 is 4.90 Å². The molecule has 92 valence electrons. The van der Waals surface area contributed by atoms with Crippen molar-refractivity contribution in [2.45, 2.75) is 45.6 Å². The first-order valence-electron chi connectivity index (χ1n) is 6.56. The Labute approximate surface area is 104 Å². The van der Waals surface area contributed by atoms with Gasteiger partial charge in [-0.25, -0.2) is 0 Å². The fraction of sp³-hybridized carbons (Fsp3) is 0.533. The summed E-state index contributed by atoms with van der Waals surface area (Å²) in [4.78, 5) is 14.3. The van der Waals surface area contributed by atoms with E-state index in [0.29, 0.717) is 18.4 Å². The van der Waals surface area contributed by atoms with Gasteiger partial charge in [0.2, 0.25) is 5.91 Å². The highest BCUT2D eigenvalue weighted by atomic mass is 16.2. The van der Waals surface area contributed by atoms with Crippen LogP contribution in [-0.4, -0.2) is 23.4 Å². The molecule has 1 amide bonds. The highest BCUT2D eigenvalue weighted by molar-refractivity contribution is 5.79. The predicted molar refractivity (Wildman–Crippen MR) is 69.9 cm³/mol. The van der Waals surface area contributed by atoms with Crippen LogP contribution < -0.4 is 0 Å². The van der Waals surface area contributed by atoms with Gasteiger partial charge in [-0.1, -0.05) is 31.2 Å². The van der Waals surface area contributed by atoms with E-state index in [1.807, 2.05) is 12.1 Å². The molecule has 1 atom stereocenters. The molecule has 0 saturated carbocycles. The second-order valence-corrected chi connectivity index (χ2v) is 4.89. The summed E-state index contributed by atoms with van der Waals surface area (Å²) in [6.07, 6.45) is 3.98. The van der Waals surface area contributed by atoms with Crippen LogP contribution in [0.1, 0.15) is 37.3 Å². The van der Waals surface area contributed by atoms with E-state index in [1.54, 1.807) is 0 Å². The summed E-state index contributed by atoms with van der Waals surface area (Å²) in [7, 11) is 0. The fourth-order valence-corrected chi connectivity index (χ4v) is 2.66. The summed E-state index contributed by atoms with van der Waals surface area (Å²) in [6, 6.07) is 8.64. The van der Waals surface area contributed by atoms with Crippen LogP contribution in [0.4, 0.5) is 0 Å². The Kier molecular flexibility index (Phi) is 3.82. The van der Waals surface area contributed by atoms with Gasteiger partial charge in [-0.05, 0) is 37.3 Å². The van der Waals surface area contributed by atoms with E-state index in [-0.39, 0.29) is 0 Å². The van der Waals surface area contributed by atoms with Crippen molar-refractivity contribution in [2.75, 3.05) is 6.54 Å². The first-order chi connectivity index (χ1) is 8.22. The van der Waals surface area contributed by atoms with Crippen LogP contribution in [0.25, 0.3) is 0 Å². The Morgan fingerprint density at radius 2 is 2.18 bits per heavy atom. The van der Waals surface area contributed by atoms with Crippen LogP contribution in [0.2, 0.25) is 0 Å². The Balaban J connectivity index is 2.04. The fourth-order valence-electron chi connectivity index (χ4n) is 2.66. The predicted octanol–water partition coefficient (Wildman–Crippen LogP) is 2.94. The van der Waals surface area contributed by atoms with Crippen molar-refractivity contribution in [3.05, 3.63) is 35.4 Å². The summed E-state index contributed by atoms with van der Waals surface area (Å²) >= 11 is 0. The van der Waals surface area contributed by atoms with Crippen molar-refractivity contribution in [1.29, 1.82) is 0 Å². The standard InChI is InChI=1S/C15H21NO/c1-3-14-9-6-10-16(14)15(17)11-13-8-5-4-7-12(13)2/h4-5,7-8,14H,3,6,9-11H2,1-2H3. The van der Waals surface area contributed by atoms with Gasteiger partial charge in [-0.15, -0.1) is 0 Å². The lowest BCUT2D eigenvalue weighted by Crippen LogP contribution is -2.36. The van der Waals surface area contributed by atoms with Crippen molar-refractivity contribution < 1.29 is 4.79 Å². The lowest BCUT2D eigenvalue weighted by molar-refractivity contribution is -0.131. The molecule has 2 rings (SSSR count). The topological polar surface area (TPSA) is 20.3 Å². The number of nitrogens with zero attached hydrogens (tertiary/aromatic N) is 1. The number of rotatable bonds is 3. The lowest BCUT2D eigenvalue weighted by atomic mass is 10.0. The smallest absolute Gasteiger partial charge is 0.227 e. The summed E-state index contributed by atoms with van der Waals surface area (Å²) in [6.45, 7) is 5.19. The van der Waals surface area contributed by atoms with Gasteiger partial charge in [-0.3, -0.25) is 4.79 Å². The average Bonchev–Trinajstić information content (AvgIpc) is 2.80. The number of carbonyl (C=O) groups is 1. The van der Waals surface area contributed by atoms with Gasteiger partial charge in [0, 0.05) is 12.6 Å². The van der Waals surface area contributed by atoms with Gasteiger partial charge in [0.1, 0.15) is 0 Å². The molecule has 1 fully saturated rings. The Morgan fingerprint density at radius 1 is 1.41 bits per heavy atom. The number of amides is 1. The van der Waals surface area contributed by atoms with Crippen molar-refractivity contribution in [3.8, 4) is 0 Å². The average molecular weight is 231 g/mol. The van der Waals surface area contributed by atoms with Gasteiger partial charge in [-0.2, -0.15) is 0 Å². The normalized spacial score (nSPS) is 19.6. The van der Waals surface area contributed by atoms with Crippen LogP contribution in [0.5, 0.6) is 0 Å². The third-order valence-electron chi connectivity index (χ3n) is 3.77. The molecule has 0 aliphatic carbocycles. The summed E-state index contributed by atoms with van der Waals surface area (Å²) in [5.74, 6) is 0.295. The van der Waals surface area contributed by atoms with Gasteiger partial charge in [0.05, 0.1) is 6.42 Å². The van der Waals surface area contributed by atoms with Gasteiger partial charge in [0.15, 0.2) is 0 Å². The van der Waals surface area contributed by atoms with E-state index in [0.717, 1.165) is 19.4 Å². The van der Waals surface area contributed by atoms with Gasteiger partial charge in [0.25, 0.3) is 0 Å². The van der Waals surface area contributed by atoms with Crippen LogP contribution in [-0.2, 0) is 11.2 Å². The van der Waals surface area contributed by atoms with Crippen molar-refractivity contribution in [2.24, 2.45) is 0 Å². The molecule has 0 aromatic heterocycles. The molecule has 0 radical (unpaired) electrons. The maximum atomic E-state index is 12.3. The van der Waals surface area contributed by atoms with Crippen molar-refractivity contribution >= 4 is 5.91 Å². The highest BCUT2D eigenvalue weighted by Crippen LogP contribution is 2.21. The Bertz CT molecular complexity index is 400. The second kappa shape index (κ2) is 5.35. The lowest BCUT2D eigenvalue weighted by Gasteiger charge is -2.24. The quantitative estimate of drug-likeness (QED) is 0.783. The maximum Gasteiger partial charge on any atom is 0.227 e. The molecule has 1 heterocycles. The third-order valence-corrected chi connectivity index (χ3v) is 3.77. The van der Waals surface area contributed by atoms with Crippen LogP contribution in [0.15, 0.2) is 24.3 Å². The first-order valence-corrected chi connectivity index (χ1v) is 6.56. The largest absolute Gasteiger partial charge is 0.339 e. The molecule has 1 saturated heterocycles. The zero-order valence-corrected chi connectivity index (χ0v) is 10.8. The van der Waals surface area contributed by atoms with E-state index in [2.05, 4.69) is 30.9 Å². The minimum Gasteiger partial charge on any atom is -0.339 e. The highest BCUT2D eigenvalue weighted by Gasteiger charge is 2.27. The molecule has 17 heavy (non-hydrogen) atoms. The van der Waals surface area contributed by atoms with E-state index in [9.17, 15) is 4.79 Å². The molecule has 2 nitrogen and oxygen atoms in total. The van der Waals surface area contributed by atoms with Crippen LogP contribution in [0.3, 0.4) is 0 Å². The molecular formula is C15H21NO. The summed E-state index contributed by atoms with van der Waals surface area (Å²) in [5, 5.41) is 0. The summed E-state index contributed by atoms with van der Waals surface area (Å²) < 4.78 is 0. The molecule has 0 bridgehead atoms. The second-order valence-electron chi connectivity index (χ2n) is 4.89. The zero-order chi connectivity index (χ0) is 12.3. The van der Waals surface area contributed by atoms with E-state index in [1.165, 1.54) is 17.5 Å². The number of likely N-dealkylation sites (tertiary alicyclic amines) is 1. The Morgan fingerprint density at radius 3 is 2.88 bits per heavy atom. The van der Waals surface area contributed by atoms with Crippen LogP contribution >= 0.6 is 0 Å². The van der Waals surface area contributed by atoms with E-state index in [4.69, 9.17) is 0 Å².